The van der Waals surface area contributed by atoms with Gasteiger partial charge in [0.15, 0.2) is 0 Å². The van der Waals surface area contributed by atoms with Crippen LogP contribution in [0.2, 0.25) is 0 Å². The minimum atomic E-state index is -0.441. The quantitative estimate of drug-likeness (QED) is 0.874. The zero-order valence-electron chi connectivity index (χ0n) is 11.0. The molecule has 19 heavy (non-hydrogen) atoms. The number of carbonyl (C=O) groups is 1. The van der Waals surface area contributed by atoms with Crippen LogP contribution < -0.4 is 11.1 Å². The molecular weight excluding hydrogens is 238 g/mol. The number of primary amides is 1. The predicted octanol–water partition coefficient (Wildman–Crippen LogP) is 2.82. The average molecular weight is 257 g/mol. The van der Waals surface area contributed by atoms with Crippen molar-refractivity contribution in [2.45, 2.75) is 56.8 Å². The first-order chi connectivity index (χ1) is 9.24. The summed E-state index contributed by atoms with van der Waals surface area (Å²) < 4.78 is 0. The summed E-state index contributed by atoms with van der Waals surface area (Å²) in [5.41, 5.74) is 11.5. The largest absolute Gasteiger partial charge is 0.351 e. The standard InChI is InChI=1S/C15H19N3O/c16-15(19)18-14-10-2-1-3-11(10)17-13(9-6-7-9)12(14)8-4-5-8/h8-9H,1-7H2,(H3,16,17,18,19). The smallest absolute Gasteiger partial charge is 0.316 e. The molecule has 100 valence electrons. The number of amides is 2. The Balaban J connectivity index is 1.90. The highest BCUT2D eigenvalue weighted by Crippen LogP contribution is 2.52. The van der Waals surface area contributed by atoms with Crippen LogP contribution in [-0.2, 0) is 12.8 Å². The highest BCUT2D eigenvalue weighted by molar-refractivity contribution is 5.90. The van der Waals surface area contributed by atoms with E-state index in [0.717, 1.165) is 24.9 Å². The third-order valence-electron chi connectivity index (χ3n) is 4.49. The van der Waals surface area contributed by atoms with Crippen molar-refractivity contribution >= 4 is 11.7 Å². The molecule has 3 N–H and O–H groups in total. The lowest BCUT2D eigenvalue weighted by Crippen LogP contribution is -2.22. The van der Waals surface area contributed by atoms with Crippen molar-refractivity contribution in [2.75, 3.05) is 5.32 Å². The maximum Gasteiger partial charge on any atom is 0.316 e. The van der Waals surface area contributed by atoms with Crippen molar-refractivity contribution < 1.29 is 4.79 Å². The normalized spacial score (nSPS) is 21.3. The molecule has 0 bridgehead atoms. The van der Waals surface area contributed by atoms with E-state index in [0.29, 0.717) is 11.8 Å². The number of aromatic nitrogens is 1. The molecule has 2 fully saturated rings. The second-order valence-corrected chi connectivity index (χ2v) is 6.10. The van der Waals surface area contributed by atoms with E-state index < -0.39 is 6.03 Å². The molecule has 0 unspecified atom stereocenters. The highest BCUT2D eigenvalue weighted by Gasteiger charge is 2.38. The molecule has 2 saturated carbocycles. The number of rotatable bonds is 3. The molecule has 0 saturated heterocycles. The SMILES string of the molecule is NC(=O)Nc1c2c(nc(C3CC3)c1C1CC1)CCC2. The minimum Gasteiger partial charge on any atom is -0.351 e. The summed E-state index contributed by atoms with van der Waals surface area (Å²) in [6, 6.07) is -0.441. The third-order valence-corrected chi connectivity index (χ3v) is 4.49. The van der Waals surface area contributed by atoms with E-state index in [9.17, 15) is 4.79 Å². The number of nitrogens with two attached hydrogens (primary N) is 1. The minimum absolute atomic E-state index is 0.441. The zero-order chi connectivity index (χ0) is 13.0. The van der Waals surface area contributed by atoms with Crippen molar-refractivity contribution in [2.24, 2.45) is 5.73 Å². The van der Waals surface area contributed by atoms with Crippen LogP contribution in [0.5, 0.6) is 0 Å². The molecule has 2 amide bonds. The van der Waals surface area contributed by atoms with Gasteiger partial charge < -0.3 is 11.1 Å². The van der Waals surface area contributed by atoms with Crippen LogP contribution in [0.3, 0.4) is 0 Å². The summed E-state index contributed by atoms with van der Waals surface area (Å²) in [6.07, 6.45) is 8.19. The molecule has 3 aliphatic rings. The Labute approximate surface area is 112 Å². The summed E-state index contributed by atoms with van der Waals surface area (Å²) in [4.78, 5) is 16.3. The molecule has 0 aromatic carbocycles. The fourth-order valence-electron chi connectivity index (χ4n) is 3.34. The van der Waals surface area contributed by atoms with Gasteiger partial charge in [-0.2, -0.15) is 0 Å². The molecule has 0 atom stereocenters. The molecule has 4 nitrogen and oxygen atoms in total. The molecule has 0 spiro atoms. The number of anilines is 1. The Bertz CT molecular complexity index is 559. The summed E-state index contributed by atoms with van der Waals surface area (Å²) in [6.45, 7) is 0. The number of carbonyl (C=O) groups excluding carboxylic acids is 1. The van der Waals surface area contributed by atoms with Crippen LogP contribution in [0.15, 0.2) is 0 Å². The second-order valence-electron chi connectivity index (χ2n) is 6.10. The Morgan fingerprint density at radius 2 is 1.89 bits per heavy atom. The highest BCUT2D eigenvalue weighted by atomic mass is 16.2. The summed E-state index contributed by atoms with van der Waals surface area (Å²) in [7, 11) is 0. The monoisotopic (exact) mass is 257 g/mol. The first-order valence-corrected chi connectivity index (χ1v) is 7.36. The predicted molar refractivity (Wildman–Crippen MR) is 73.4 cm³/mol. The second kappa shape index (κ2) is 3.95. The first kappa shape index (κ1) is 11.3. The Hall–Kier alpha value is -1.58. The molecule has 1 aromatic rings. The van der Waals surface area contributed by atoms with Crippen LogP contribution in [0.1, 0.15) is 66.5 Å². The van der Waals surface area contributed by atoms with E-state index >= 15 is 0 Å². The number of aryl methyl sites for hydroxylation is 1. The number of hydrogen-bond acceptors (Lipinski definition) is 2. The Morgan fingerprint density at radius 3 is 2.53 bits per heavy atom. The molecule has 1 heterocycles. The summed E-state index contributed by atoms with van der Waals surface area (Å²) in [5.74, 6) is 1.24. The van der Waals surface area contributed by atoms with E-state index in [1.54, 1.807) is 0 Å². The number of nitrogens with zero attached hydrogens (tertiary/aromatic N) is 1. The van der Waals surface area contributed by atoms with Crippen LogP contribution in [0, 0.1) is 0 Å². The number of urea groups is 1. The maximum atomic E-state index is 11.4. The van der Waals surface area contributed by atoms with Gasteiger partial charge in [0.1, 0.15) is 0 Å². The van der Waals surface area contributed by atoms with Crippen molar-refractivity contribution in [1.82, 2.24) is 4.98 Å². The number of fused-ring (bicyclic) bond motifs is 1. The van der Waals surface area contributed by atoms with E-state index in [1.165, 1.54) is 48.2 Å². The fourth-order valence-corrected chi connectivity index (χ4v) is 3.34. The van der Waals surface area contributed by atoms with Gasteiger partial charge in [0.05, 0.1) is 5.69 Å². The zero-order valence-corrected chi connectivity index (χ0v) is 11.0. The van der Waals surface area contributed by atoms with Gasteiger partial charge in [0.2, 0.25) is 0 Å². The van der Waals surface area contributed by atoms with Gasteiger partial charge in [-0.3, -0.25) is 4.98 Å². The van der Waals surface area contributed by atoms with E-state index in [4.69, 9.17) is 10.7 Å². The molecular formula is C15H19N3O. The number of pyridine rings is 1. The lowest BCUT2D eigenvalue weighted by atomic mass is 9.98. The van der Waals surface area contributed by atoms with Crippen molar-refractivity contribution in [1.29, 1.82) is 0 Å². The van der Waals surface area contributed by atoms with Crippen LogP contribution in [0.25, 0.3) is 0 Å². The van der Waals surface area contributed by atoms with Gasteiger partial charge in [-0.05, 0) is 56.4 Å². The summed E-state index contributed by atoms with van der Waals surface area (Å²) >= 11 is 0. The topological polar surface area (TPSA) is 68.0 Å². The van der Waals surface area contributed by atoms with Gasteiger partial charge in [0, 0.05) is 22.9 Å². The third kappa shape index (κ3) is 1.90. The van der Waals surface area contributed by atoms with Crippen molar-refractivity contribution in [3.8, 4) is 0 Å². The Kier molecular flexibility index (Phi) is 2.34. The fraction of sp³-hybridized carbons (Fsp3) is 0.600. The molecule has 0 radical (unpaired) electrons. The van der Waals surface area contributed by atoms with Gasteiger partial charge in [0.25, 0.3) is 0 Å². The lowest BCUT2D eigenvalue weighted by molar-refractivity contribution is 0.259. The molecule has 4 heteroatoms. The van der Waals surface area contributed by atoms with Gasteiger partial charge in [-0.1, -0.05) is 0 Å². The van der Waals surface area contributed by atoms with Crippen LogP contribution in [0.4, 0.5) is 10.5 Å². The number of nitrogens with one attached hydrogen (secondary N) is 1. The van der Waals surface area contributed by atoms with Crippen molar-refractivity contribution in [3.05, 3.63) is 22.5 Å². The van der Waals surface area contributed by atoms with E-state index in [2.05, 4.69) is 5.32 Å². The lowest BCUT2D eigenvalue weighted by Gasteiger charge is -2.18. The number of hydrogen-bond donors (Lipinski definition) is 2. The molecule has 0 aliphatic heterocycles. The van der Waals surface area contributed by atoms with Gasteiger partial charge in [-0.25, -0.2) is 4.79 Å². The molecule has 1 aromatic heterocycles. The van der Waals surface area contributed by atoms with Crippen LogP contribution in [-0.4, -0.2) is 11.0 Å². The van der Waals surface area contributed by atoms with Gasteiger partial charge in [-0.15, -0.1) is 0 Å². The first-order valence-electron chi connectivity index (χ1n) is 7.36. The maximum absolute atomic E-state index is 11.4. The van der Waals surface area contributed by atoms with Crippen LogP contribution >= 0.6 is 0 Å². The molecule has 4 rings (SSSR count). The average Bonchev–Trinajstić information content (AvgIpc) is 3.26. The summed E-state index contributed by atoms with van der Waals surface area (Å²) in [5, 5.41) is 2.92. The Morgan fingerprint density at radius 1 is 1.16 bits per heavy atom. The molecule has 3 aliphatic carbocycles. The van der Waals surface area contributed by atoms with E-state index in [1.807, 2.05) is 0 Å². The van der Waals surface area contributed by atoms with E-state index in [-0.39, 0.29) is 0 Å². The van der Waals surface area contributed by atoms with Gasteiger partial charge >= 0.3 is 6.03 Å². The van der Waals surface area contributed by atoms with Crippen molar-refractivity contribution in [3.63, 3.8) is 0 Å².